The Kier molecular flexibility index (Phi) is 5.25. The molecule has 0 fully saturated rings. The first-order chi connectivity index (χ1) is 12.9. The van der Waals surface area contributed by atoms with E-state index in [2.05, 4.69) is 15.2 Å². The molecule has 0 aliphatic carbocycles. The molecule has 0 spiro atoms. The second kappa shape index (κ2) is 7.77. The number of nitro groups is 1. The first-order valence-electron chi connectivity index (χ1n) is 8.16. The van der Waals surface area contributed by atoms with Crippen LogP contribution in [-0.4, -0.2) is 30.8 Å². The van der Waals surface area contributed by atoms with Gasteiger partial charge in [0.1, 0.15) is 0 Å². The molecule has 2 aromatic heterocycles. The van der Waals surface area contributed by atoms with Crippen LogP contribution in [0.25, 0.3) is 11.4 Å². The number of carbonyl (C=O) groups is 1. The first-order valence-corrected chi connectivity index (χ1v) is 8.16. The summed E-state index contributed by atoms with van der Waals surface area (Å²) in [5, 5.41) is 18.7. The van der Waals surface area contributed by atoms with Crippen LogP contribution in [0.5, 0.6) is 0 Å². The Bertz CT molecular complexity index is 961. The van der Waals surface area contributed by atoms with E-state index in [9.17, 15) is 14.9 Å². The van der Waals surface area contributed by atoms with Crippen LogP contribution in [0.1, 0.15) is 23.7 Å². The number of ether oxygens (including phenoxy) is 1. The zero-order valence-electron chi connectivity index (χ0n) is 14.8. The van der Waals surface area contributed by atoms with E-state index in [1.807, 2.05) is 19.9 Å². The summed E-state index contributed by atoms with van der Waals surface area (Å²) in [4.78, 5) is 26.2. The average Bonchev–Trinajstić information content (AvgIpc) is 3.24. The van der Waals surface area contributed by atoms with Crippen molar-refractivity contribution in [3.8, 4) is 11.4 Å². The summed E-state index contributed by atoms with van der Waals surface area (Å²) in [5.41, 5.74) is 2.40. The van der Waals surface area contributed by atoms with Gasteiger partial charge in [-0.05, 0) is 32.0 Å². The summed E-state index contributed by atoms with van der Waals surface area (Å²) in [6.07, 6.45) is 0.172. The van der Waals surface area contributed by atoms with Crippen LogP contribution in [0.15, 0.2) is 34.9 Å². The third-order valence-electron chi connectivity index (χ3n) is 3.79. The number of aryl methyl sites for hydroxylation is 3. The van der Waals surface area contributed by atoms with Crippen LogP contribution in [0.4, 0.5) is 5.69 Å². The van der Waals surface area contributed by atoms with E-state index in [0.717, 1.165) is 11.4 Å². The summed E-state index contributed by atoms with van der Waals surface area (Å²) in [6, 6.07) is 7.68. The second-order valence-electron chi connectivity index (χ2n) is 5.88. The molecule has 140 valence electrons. The van der Waals surface area contributed by atoms with Gasteiger partial charge in [-0.3, -0.25) is 19.6 Å². The number of hydrogen-bond donors (Lipinski definition) is 0. The molecule has 0 amide bonds. The summed E-state index contributed by atoms with van der Waals surface area (Å²) in [5.74, 6) is -0.000885. The molecule has 0 aliphatic heterocycles. The molecule has 10 heteroatoms. The van der Waals surface area contributed by atoms with Crippen molar-refractivity contribution >= 4 is 11.7 Å². The van der Waals surface area contributed by atoms with Gasteiger partial charge >= 0.3 is 5.97 Å². The largest absolute Gasteiger partial charge is 0.455 e. The smallest absolute Gasteiger partial charge is 0.308 e. The van der Waals surface area contributed by atoms with Crippen molar-refractivity contribution in [3.05, 3.63) is 57.7 Å². The lowest BCUT2D eigenvalue weighted by Crippen LogP contribution is -2.11. The third-order valence-corrected chi connectivity index (χ3v) is 3.79. The molecule has 0 unspecified atom stereocenters. The van der Waals surface area contributed by atoms with E-state index < -0.39 is 10.9 Å². The predicted octanol–water partition coefficient (Wildman–Crippen LogP) is 2.59. The minimum absolute atomic E-state index is 0.0287. The van der Waals surface area contributed by atoms with E-state index in [1.54, 1.807) is 4.68 Å². The van der Waals surface area contributed by atoms with Gasteiger partial charge < -0.3 is 9.26 Å². The highest BCUT2D eigenvalue weighted by Crippen LogP contribution is 2.20. The second-order valence-corrected chi connectivity index (χ2v) is 5.88. The molecule has 27 heavy (non-hydrogen) atoms. The maximum atomic E-state index is 11.9. The van der Waals surface area contributed by atoms with Crippen LogP contribution >= 0.6 is 0 Å². The number of benzene rings is 1. The normalized spacial score (nSPS) is 10.7. The highest BCUT2D eigenvalue weighted by Gasteiger charge is 2.13. The van der Waals surface area contributed by atoms with E-state index in [0.29, 0.717) is 12.1 Å². The Balaban J connectivity index is 1.52. The lowest BCUT2D eigenvalue weighted by atomic mass is 10.2. The van der Waals surface area contributed by atoms with Gasteiger partial charge in [0.2, 0.25) is 5.82 Å². The molecule has 0 aliphatic rings. The van der Waals surface area contributed by atoms with E-state index in [1.165, 1.54) is 24.3 Å². The van der Waals surface area contributed by atoms with Crippen molar-refractivity contribution in [3.63, 3.8) is 0 Å². The summed E-state index contributed by atoms with van der Waals surface area (Å²) in [6.45, 7) is 4.09. The van der Waals surface area contributed by atoms with E-state index >= 15 is 0 Å². The molecule has 1 aromatic carbocycles. The van der Waals surface area contributed by atoms with Gasteiger partial charge in [0.15, 0.2) is 6.61 Å². The molecular weight excluding hydrogens is 354 g/mol. The van der Waals surface area contributed by atoms with Gasteiger partial charge in [0.25, 0.3) is 11.6 Å². The van der Waals surface area contributed by atoms with Crippen molar-refractivity contribution in [2.45, 2.75) is 33.4 Å². The molecule has 3 rings (SSSR count). The first kappa shape index (κ1) is 18.2. The molecule has 2 heterocycles. The molecule has 3 aromatic rings. The molecule has 0 saturated carbocycles. The zero-order valence-corrected chi connectivity index (χ0v) is 14.8. The maximum Gasteiger partial charge on any atom is 0.308 e. The highest BCUT2D eigenvalue weighted by atomic mass is 16.6. The standard InChI is InChI=1S/C17H17N5O5/c1-11-9-12(2)21(19-11)8-7-16(23)26-10-15-18-17(20-27-15)13-3-5-14(6-4-13)22(24)25/h3-6,9H,7-8,10H2,1-2H3. The van der Waals surface area contributed by atoms with Crippen LogP contribution in [-0.2, 0) is 22.7 Å². The van der Waals surface area contributed by atoms with Crippen LogP contribution < -0.4 is 0 Å². The zero-order chi connectivity index (χ0) is 19.4. The Morgan fingerprint density at radius 1 is 1.30 bits per heavy atom. The summed E-state index contributed by atoms with van der Waals surface area (Å²) < 4.78 is 11.9. The van der Waals surface area contributed by atoms with Gasteiger partial charge in [-0.1, -0.05) is 5.16 Å². The molecule has 0 atom stereocenters. The van der Waals surface area contributed by atoms with Crippen LogP contribution in [0.2, 0.25) is 0 Å². The van der Waals surface area contributed by atoms with Crippen LogP contribution in [0.3, 0.4) is 0 Å². The number of non-ortho nitro benzene ring substituents is 1. The predicted molar refractivity (Wildman–Crippen MR) is 92.5 cm³/mol. The van der Waals surface area contributed by atoms with Gasteiger partial charge in [-0.25, -0.2) is 0 Å². The molecular formula is C17H17N5O5. The quantitative estimate of drug-likeness (QED) is 0.352. The average molecular weight is 371 g/mol. The maximum absolute atomic E-state index is 11.9. The molecule has 0 N–H and O–H groups in total. The van der Waals surface area contributed by atoms with Gasteiger partial charge in [0.05, 0.1) is 23.6 Å². The summed E-state index contributed by atoms with van der Waals surface area (Å²) in [7, 11) is 0. The molecule has 0 radical (unpaired) electrons. The fourth-order valence-electron chi connectivity index (χ4n) is 2.48. The minimum atomic E-state index is -0.489. The highest BCUT2D eigenvalue weighted by molar-refractivity contribution is 5.69. The third kappa shape index (κ3) is 4.54. The Hall–Kier alpha value is -3.56. The number of hydrogen-bond acceptors (Lipinski definition) is 8. The van der Waals surface area contributed by atoms with Crippen LogP contribution in [0, 0.1) is 24.0 Å². The fourth-order valence-corrected chi connectivity index (χ4v) is 2.48. The lowest BCUT2D eigenvalue weighted by molar-refractivity contribution is -0.384. The topological polar surface area (TPSA) is 126 Å². The van der Waals surface area contributed by atoms with E-state index in [-0.39, 0.29) is 30.4 Å². The molecule has 0 bridgehead atoms. The van der Waals surface area contributed by atoms with Crippen molar-refractivity contribution in [2.24, 2.45) is 0 Å². The monoisotopic (exact) mass is 371 g/mol. The summed E-state index contributed by atoms with van der Waals surface area (Å²) >= 11 is 0. The molecule has 10 nitrogen and oxygen atoms in total. The Morgan fingerprint density at radius 3 is 2.67 bits per heavy atom. The molecule has 0 saturated heterocycles. The SMILES string of the molecule is Cc1cc(C)n(CCC(=O)OCc2nc(-c3ccc([N+](=O)[O-])cc3)no2)n1. The number of esters is 1. The van der Waals surface area contributed by atoms with Gasteiger partial charge in [-0.15, -0.1) is 0 Å². The number of carbonyl (C=O) groups excluding carboxylic acids is 1. The van der Waals surface area contributed by atoms with Crippen molar-refractivity contribution in [2.75, 3.05) is 0 Å². The van der Waals surface area contributed by atoms with E-state index in [4.69, 9.17) is 9.26 Å². The number of nitrogens with zero attached hydrogens (tertiary/aromatic N) is 5. The number of rotatable bonds is 7. The fraction of sp³-hybridized carbons (Fsp3) is 0.294. The van der Waals surface area contributed by atoms with Crippen molar-refractivity contribution < 1.29 is 19.0 Å². The van der Waals surface area contributed by atoms with Crippen molar-refractivity contribution in [1.82, 2.24) is 19.9 Å². The Labute approximate surface area is 153 Å². The number of nitro benzene ring substituents is 1. The van der Waals surface area contributed by atoms with Gasteiger partial charge in [0, 0.05) is 23.4 Å². The lowest BCUT2D eigenvalue weighted by Gasteiger charge is -2.04. The van der Waals surface area contributed by atoms with Crippen molar-refractivity contribution in [1.29, 1.82) is 0 Å². The van der Waals surface area contributed by atoms with Gasteiger partial charge in [-0.2, -0.15) is 10.1 Å². The Morgan fingerprint density at radius 2 is 2.04 bits per heavy atom. The number of aromatic nitrogens is 4. The minimum Gasteiger partial charge on any atom is -0.455 e.